The molecule has 1 aromatic carbocycles. The third-order valence-electron chi connectivity index (χ3n) is 3.47. The second kappa shape index (κ2) is 6.89. The van der Waals surface area contributed by atoms with E-state index in [1.54, 1.807) is 12.1 Å². The van der Waals surface area contributed by atoms with Gasteiger partial charge in [0.05, 0.1) is 0 Å². The zero-order valence-corrected chi connectivity index (χ0v) is 12.1. The first kappa shape index (κ1) is 15.2. The first-order chi connectivity index (χ1) is 8.45. The molecule has 1 N–H and O–H groups in total. The highest BCUT2D eigenvalue weighted by atomic mass is 19.1. The second-order valence-corrected chi connectivity index (χ2v) is 6.06. The average molecular weight is 251 g/mol. The number of rotatable bonds is 6. The summed E-state index contributed by atoms with van der Waals surface area (Å²) in [5, 5.41) is 3.46. The van der Waals surface area contributed by atoms with E-state index in [-0.39, 0.29) is 11.2 Å². The van der Waals surface area contributed by atoms with Gasteiger partial charge in [-0.15, -0.1) is 0 Å². The molecule has 0 bridgehead atoms. The Balaban J connectivity index is 2.70. The highest BCUT2D eigenvalue weighted by Gasteiger charge is 2.25. The molecule has 0 aliphatic carbocycles. The summed E-state index contributed by atoms with van der Waals surface area (Å²) < 4.78 is 13.7. The van der Waals surface area contributed by atoms with Gasteiger partial charge in [-0.3, -0.25) is 0 Å². The maximum atomic E-state index is 13.7. The Hall–Kier alpha value is -0.890. The molecule has 2 heteroatoms. The van der Waals surface area contributed by atoms with Crippen molar-refractivity contribution in [3.8, 4) is 0 Å². The molecule has 0 radical (unpaired) electrons. The van der Waals surface area contributed by atoms with Crippen molar-refractivity contribution in [2.75, 3.05) is 13.1 Å². The summed E-state index contributed by atoms with van der Waals surface area (Å²) in [5.74, 6) is 0.364. The third-order valence-corrected chi connectivity index (χ3v) is 3.47. The summed E-state index contributed by atoms with van der Waals surface area (Å²) in [6.45, 7) is 10.8. The minimum atomic E-state index is -0.0813. The van der Waals surface area contributed by atoms with Crippen LogP contribution in [0.15, 0.2) is 24.3 Å². The van der Waals surface area contributed by atoms with Gasteiger partial charge < -0.3 is 5.32 Å². The average Bonchev–Trinajstić information content (AvgIpc) is 2.29. The Morgan fingerprint density at radius 2 is 1.89 bits per heavy atom. The van der Waals surface area contributed by atoms with E-state index in [9.17, 15) is 4.39 Å². The molecule has 0 aliphatic heterocycles. The van der Waals surface area contributed by atoms with Gasteiger partial charge in [-0.1, -0.05) is 45.9 Å². The van der Waals surface area contributed by atoms with E-state index in [1.165, 1.54) is 0 Å². The molecule has 0 heterocycles. The normalized spacial score (nSPS) is 13.6. The van der Waals surface area contributed by atoms with Crippen LogP contribution < -0.4 is 5.32 Å². The standard InChI is InChI=1S/C16H26FN/c1-5-10-18-12-14(16(2,3)4)11-13-8-6-7-9-15(13)17/h6-9,14,18H,5,10-12H2,1-4H3. The quantitative estimate of drug-likeness (QED) is 0.753. The lowest BCUT2D eigenvalue weighted by atomic mass is 9.77. The van der Waals surface area contributed by atoms with Crippen LogP contribution in [0.1, 0.15) is 39.7 Å². The lowest BCUT2D eigenvalue weighted by Crippen LogP contribution is -2.34. The highest BCUT2D eigenvalue weighted by Crippen LogP contribution is 2.29. The molecular weight excluding hydrogens is 225 g/mol. The molecule has 1 atom stereocenters. The Morgan fingerprint density at radius 1 is 1.22 bits per heavy atom. The number of hydrogen-bond donors (Lipinski definition) is 1. The molecule has 0 aromatic heterocycles. The van der Waals surface area contributed by atoms with Crippen LogP contribution in [0.25, 0.3) is 0 Å². The third kappa shape index (κ3) is 4.77. The zero-order valence-electron chi connectivity index (χ0n) is 12.1. The van der Waals surface area contributed by atoms with Gasteiger partial charge >= 0.3 is 0 Å². The van der Waals surface area contributed by atoms with Crippen LogP contribution in [0.3, 0.4) is 0 Å². The van der Waals surface area contributed by atoms with E-state index in [1.807, 2.05) is 12.1 Å². The number of hydrogen-bond acceptors (Lipinski definition) is 1. The summed E-state index contributed by atoms with van der Waals surface area (Å²) >= 11 is 0. The van der Waals surface area contributed by atoms with Crippen molar-refractivity contribution in [3.63, 3.8) is 0 Å². The van der Waals surface area contributed by atoms with Crippen LogP contribution >= 0.6 is 0 Å². The minimum absolute atomic E-state index is 0.0813. The zero-order chi connectivity index (χ0) is 13.6. The summed E-state index contributed by atoms with van der Waals surface area (Å²) in [7, 11) is 0. The summed E-state index contributed by atoms with van der Waals surface area (Å²) in [6, 6.07) is 7.11. The predicted molar refractivity (Wildman–Crippen MR) is 76.2 cm³/mol. The van der Waals surface area contributed by atoms with Crippen molar-refractivity contribution >= 4 is 0 Å². The molecular formula is C16H26FN. The van der Waals surface area contributed by atoms with Crippen LogP contribution in [0.2, 0.25) is 0 Å². The van der Waals surface area contributed by atoms with Crippen LogP contribution in [-0.2, 0) is 6.42 Å². The number of benzene rings is 1. The summed E-state index contributed by atoms with van der Waals surface area (Å²) in [4.78, 5) is 0. The first-order valence-corrected chi connectivity index (χ1v) is 6.89. The molecule has 0 amide bonds. The van der Waals surface area contributed by atoms with Crippen molar-refractivity contribution in [2.24, 2.45) is 11.3 Å². The first-order valence-electron chi connectivity index (χ1n) is 6.89. The van der Waals surface area contributed by atoms with E-state index in [0.29, 0.717) is 5.92 Å². The van der Waals surface area contributed by atoms with E-state index >= 15 is 0 Å². The van der Waals surface area contributed by atoms with Gasteiger partial charge in [0.15, 0.2) is 0 Å². The van der Waals surface area contributed by atoms with Crippen LogP contribution in [0, 0.1) is 17.2 Å². The molecule has 1 aromatic rings. The van der Waals surface area contributed by atoms with Gasteiger partial charge in [0, 0.05) is 0 Å². The van der Waals surface area contributed by atoms with Crippen LogP contribution in [-0.4, -0.2) is 13.1 Å². The van der Waals surface area contributed by atoms with E-state index < -0.39 is 0 Å². The van der Waals surface area contributed by atoms with E-state index in [4.69, 9.17) is 0 Å². The van der Waals surface area contributed by atoms with Gasteiger partial charge in [0.1, 0.15) is 5.82 Å². The molecule has 1 rings (SSSR count). The van der Waals surface area contributed by atoms with Gasteiger partial charge in [-0.2, -0.15) is 0 Å². The number of nitrogens with one attached hydrogen (secondary N) is 1. The van der Waals surface area contributed by atoms with Gasteiger partial charge in [-0.05, 0) is 48.9 Å². The van der Waals surface area contributed by atoms with Crippen LogP contribution in [0.5, 0.6) is 0 Å². The van der Waals surface area contributed by atoms with Gasteiger partial charge in [0.25, 0.3) is 0 Å². The molecule has 0 fully saturated rings. The van der Waals surface area contributed by atoms with Crippen molar-refractivity contribution in [3.05, 3.63) is 35.6 Å². The summed E-state index contributed by atoms with van der Waals surface area (Å²) in [5.41, 5.74) is 1.01. The summed E-state index contributed by atoms with van der Waals surface area (Å²) in [6.07, 6.45) is 1.93. The second-order valence-electron chi connectivity index (χ2n) is 6.06. The van der Waals surface area contributed by atoms with E-state index in [0.717, 1.165) is 31.5 Å². The number of halogens is 1. The van der Waals surface area contributed by atoms with Gasteiger partial charge in [0.2, 0.25) is 0 Å². The lowest BCUT2D eigenvalue weighted by molar-refractivity contribution is 0.229. The largest absolute Gasteiger partial charge is 0.316 e. The fraction of sp³-hybridized carbons (Fsp3) is 0.625. The fourth-order valence-electron chi connectivity index (χ4n) is 2.07. The molecule has 0 spiro atoms. The Morgan fingerprint density at radius 3 is 2.44 bits per heavy atom. The topological polar surface area (TPSA) is 12.0 Å². The van der Waals surface area contributed by atoms with Crippen LogP contribution in [0.4, 0.5) is 4.39 Å². The molecule has 0 aliphatic rings. The molecule has 1 unspecified atom stereocenters. The molecule has 0 saturated heterocycles. The Labute approximate surface area is 111 Å². The smallest absolute Gasteiger partial charge is 0.126 e. The molecule has 0 saturated carbocycles. The Kier molecular flexibility index (Phi) is 5.80. The lowest BCUT2D eigenvalue weighted by Gasteiger charge is -2.31. The van der Waals surface area contributed by atoms with E-state index in [2.05, 4.69) is 33.0 Å². The Bertz CT molecular complexity index is 354. The predicted octanol–water partition coefficient (Wildman–Crippen LogP) is 4.03. The van der Waals surface area contributed by atoms with Crippen molar-refractivity contribution in [1.82, 2.24) is 5.32 Å². The van der Waals surface area contributed by atoms with Crippen molar-refractivity contribution < 1.29 is 4.39 Å². The highest BCUT2D eigenvalue weighted by molar-refractivity contribution is 5.18. The fourth-order valence-corrected chi connectivity index (χ4v) is 2.07. The van der Waals surface area contributed by atoms with Crippen molar-refractivity contribution in [2.45, 2.75) is 40.5 Å². The van der Waals surface area contributed by atoms with Crippen molar-refractivity contribution in [1.29, 1.82) is 0 Å². The SMILES string of the molecule is CCCNCC(Cc1ccccc1F)C(C)(C)C. The molecule has 1 nitrogen and oxygen atoms in total. The maximum absolute atomic E-state index is 13.7. The minimum Gasteiger partial charge on any atom is -0.316 e. The monoisotopic (exact) mass is 251 g/mol. The molecule has 102 valence electrons. The van der Waals surface area contributed by atoms with Gasteiger partial charge in [-0.25, -0.2) is 4.39 Å². The molecule has 18 heavy (non-hydrogen) atoms. The maximum Gasteiger partial charge on any atom is 0.126 e.